The fourth-order valence-corrected chi connectivity index (χ4v) is 1.72. The van der Waals surface area contributed by atoms with E-state index in [1.807, 2.05) is 11.9 Å². The second-order valence-corrected chi connectivity index (χ2v) is 4.83. The normalized spacial score (nSPS) is 14.2. The number of pyridine rings is 1. The van der Waals surface area contributed by atoms with Gasteiger partial charge in [-0.2, -0.15) is 0 Å². The van der Waals surface area contributed by atoms with Gasteiger partial charge in [0.2, 0.25) is 0 Å². The van der Waals surface area contributed by atoms with E-state index in [0.717, 1.165) is 24.9 Å². The van der Waals surface area contributed by atoms with Crippen molar-refractivity contribution in [1.82, 2.24) is 4.98 Å². The minimum absolute atomic E-state index is 0.345. The fourth-order valence-electron chi connectivity index (χ4n) is 1.72. The minimum Gasteiger partial charge on any atom is -0.465 e. The number of likely N-dealkylation sites (N-methyl/N-ethyl adjacent to an activating group) is 1. The number of anilines is 1. The lowest BCUT2D eigenvalue weighted by Gasteiger charge is -2.18. The summed E-state index contributed by atoms with van der Waals surface area (Å²) in [7, 11) is 3.31. The van der Waals surface area contributed by atoms with Crippen LogP contribution in [0.2, 0.25) is 0 Å². The summed E-state index contributed by atoms with van der Waals surface area (Å²) in [5.74, 6) is 1.19. The highest BCUT2D eigenvalue weighted by Crippen LogP contribution is 2.28. The molecule has 1 heterocycles. The van der Waals surface area contributed by atoms with Crippen molar-refractivity contribution in [1.29, 1.82) is 0 Å². The Morgan fingerprint density at radius 2 is 2.32 bits per heavy atom. The van der Waals surface area contributed by atoms with Crippen LogP contribution in [0, 0.1) is 5.92 Å². The summed E-state index contributed by atoms with van der Waals surface area (Å²) in [6.07, 6.45) is 4.22. The van der Waals surface area contributed by atoms with Crippen LogP contribution in [0.25, 0.3) is 0 Å². The van der Waals surface area contributed by atoms with Crippen LogP contribution >= 0.6 is 0 Å². The van der Waals surface area contributed by atoms with E-state index in [1.54, 1.807) is 18.3 Å². The summed E-state index contributed by atoms with van der Waals surface area (Å²) < 4.78 is 10.3. The molecule has 0 bridgehead atoms. The van der Waals surface area contributed by atoms with Gasteiger partial charge in [0.25, 0.3) is 0 Å². The first kappa shape index (κ1) is 13.8. The molecule has 19 heavy (non-hydrogen) atoms. The molecule has 0 aromatic carbocycles. The Hall–Kier alpha value is -1.62. The Balaban J connectivity index is 1.82. The van der Waals surface area contributed by atoms with Gasteiger partial charge in [-0.05, 0) is 30.9 Å². The van der Waals surface area contributed by atoms with E-state index < -0.39 is 0 Å². The zero-order chi connectivity index (χ0) is 13.7. The van der Waals surface area contributed by atoms with Gasteiger partial charge in [0.05, 0.1) is 19.3 Å². The van der Waals surface area contributed by atoms with Crippen LogP contribution in [0.4, 0.5) is 5.82 Å². The molecule has 0 radical (unpaired) electrons. The zero-order valence-electron chi connectivity index (χ0n) is 11.5. The lowest BCUT2D eigenvalue weighted by Crippen LogP contribution is -2.24. The van der Waals surface area contributed by atoms with Gasteiger partial charge in [0.1, 0.15) is 5.82 Å². The molecule has 0 aliphatic heterocycles. The van der Waals surface area contributed by atoms with Crippen LogP contribution < -0.4 is 4.90 Å². The van der Waals surface area contributed by atoms with Gasteiger partial charge in [-0.15, -0.1) is 0 Å². The highest BCUT2D eigenvalue weighted by atomic mass is 16.5. The second kappa shape index (κ2) is 6.52. The number of rotatable bonds is 7. The van der Waals surface area contributed by atoms with Gasteiger partial charge >= 0.3 is 5.97 Å². The third-order valence-electron chi connectivity index (χ3n) is 3.18. The van der Waals surface area contributed by atoms with Gasteiger partial charge in [0.15, 0.2) is 0 Å². The van der Waals surface area contributed by atoms with Crippen LogP contribution in [-0.4, -0.2) is 44.9 Å². The van der Waals surface area contributed by atoms with Crippen molar-refractivity contribution in [2.75, 3.05) is 38.8 Å². The molecule has 0 atom stereocenters. The number of hydrogen-bond donors (Lipinski definition) is 0. The molecule has 5 heteroatoms. The molecule has 0 saturated heterocycles. The quantitative estimate of drug-likeness (QED) is 0.554. The van der Waals surface area contributed by atoms with E-state index in [-0.39, 0.29) is 5.97 Å². The van der Waals surface area contributed by atoms with Gasteiger partial charge in [-0.3, -0.25) is 0 Å². The highest BCUT2D eigenvalue weighted by Gasteiger charge is 2.21. The lowest BCUT2D eigenvalue weighted by atomic mass is 10.2. The molecule has 0 unspecified atom stereocenters. The van der Waals surface area contributed by atoms with Gasteiger partial charge < -0.3 is 14.4 Å². The average molecular weight is 264 g/mol. The van der Waals surface area contributed by atoms with Crippen molar-refractivity contribution in [3.63, 3.8) is 0 Å². The van der Waals surface area contributed by atoms with E-state index >= 15 is 0 Å². The Morgan fingerprint density at radius 3 is 3.00 bits per heavy atom. The van der Waals surface area contributed by atoms with Crippen LogP contribution in [-0.2, 0) is 9.47 Å². The van der Waals surface area contributed by atoms with Gasteiger partial charge in [-0.1, -0.05) is 0 Å². The topological polar surface area (TPSA) is 51.7 Å². The summed E-state index contributed by atoms with van der Waals surface area (Å²) in [6.45, 7) is 2.30. The van der Waals surface area contributed by atoms with Gasteiger partial charge in [0, 0.05) is 26.4 Å². The number of nitrogens with zero attached hydrogens (tertiary/aromatic N) is 2. The maximum Gasteiger partial charge on any atom is 0.338 e. The molecule has 5 nitrogen and oxygen atoms in total. The molecule has 1 fully saturated rings. The summed E-state index contributed by atoms with van der Waals surface area (Å²) in [5.41, 5.74) is 0.512. The molecular weight excluding hydrogens is 244 g/mol. The molecule has 1 saturated carbocycles. The van der Waals surface area contributed by atoms with Crippen LogP contribution in [0.3, 0.4) is 0 Å². The van der Waals surface area contributed by atoms with Crippen molar-refractivity contribution in [2.24, 2.45) is 5.92 Å². The molecule has 1 aliphatic carbocycles. The van der Waals surface area contributed by atoms with E-state index in [2.05, 4.69) is 4.98 Å². The molecule has 104 valence electrons. The summed E-state index contributed by atoms with van der Waals surface area (Å²) in [4.78, 5) is 17.7. The van der Waals surface area contributed by atoms with Crippen LogP contribution in [0.15, 0.2) is 18.3 Å². The van der Waals surface area contributed by atoms with E-state index in [0.29, 0.717) is 12.2 Å². The number of carbonyl (C=O) groups is 1. The third kappa shape index (κ3) is 4.21. The lowest BCUT2D eigenvalue weighted by molar-refractivity contribution is 0.0600. The minimum atomic E-state index is -0.345. The van der Waals surface area contributed by atoms with Crippen molar-refractivity contribution in [2.45, 2.75) is 12.8 Å². The first-order valence-corrected chi connectivity index (χ1v) is 6.54. The largest absolute Gasteiger partial charge is 0.465 e. The Bertz CT molecular complexity index is 432. The smallest absolute Gasteiger partial charge is 0.338 e. The Morgan fingerprint density at radius 1 is 1.53 bits per heavy atom. The first-order chi connectivity index (χ1) is 9.20. The predicted octanol–water partition coefficient (Wildman–Crippen LogP) is 1.73. The van der Waals surface area contributed by atoms with E-state index in [4.69, 9.17) is 9.47 Å². The zero-order valence-corrected chi connectivity index (χ0v) is 11.5. The molecule has 1 aliphatic rings. The predicted molar refractivity (Wildman–Crippen MR) is 72.4 cm³/mol. The van der Waals surface area contributed by atoms with Crippen LogP contribution in [0.1, 0.15) is 23.2 Å². The SMILES string of the molecule is COC(=O)c1ccnc(N(C)CCOCC2CC2)c1. The van der Waals surface area contributed by atoms with Crippen molar-refractivity contribution >= 4 is 11.8 Å². The highest BCUT2D eigenvalue weighted by molar-refractivity contribution is 5.90. The number of hydrogen-bond acceptors (Lipinski definition) is 5. The molecule has 2 rings (SSSR count). The first-order valence-electron chi connectivity index (χ1n) is 6.54. The van der Waals surface area contributed by atoms with Crippen molar-refractivity contribution in [3.8, 4) is 0 Å². The number of aromatic nitrogens is 1. The molecule has 0 amide bonds. The summed E-state index contributed by atoms with van der Waals surface area (Å²) in [6, 6.07) is 3.37. The molecular formula is C14H20N2O3. The summed E-state index contributed by atoms with van der Waals surface area (Å²) in [5, 5.41) is 0. The summed E-state index contributed by atoms with van der Waals surface area (Å²) >= 11 is 0. The number of ether oxygens (including phenoxy) is 2. The molecule has 0 spiro atoms. The maximum atomic E-state index is 11.4. The number of carbonyl (C=O) groups excluding carboxylic acids is 1. The second-order valence-electron chi connectivity index (χ2n) is 4.83. The van der Waals surface area contributed by atoms with Crippen LogP contribution in [0.5, 0.6) is 0 Å². The Labute approximate surface area is 113 Å². The van der Waals surface area contributed by atoms with Gasteiger partial charge in [-0.25, -0.2) is 9.78 Å². The van der Waals surface area contributed by atoms with Crippen molar-refractivity contribution < 1.29 is 14.3 Å². The van der Waals surface area contributed by atoms with E-state index in [9.17, 15) is 4.79 Å². The van der Waals surface area contributed by atoms with Crippen molar-refractivity contribution in [3.05, 3.63) is 23.9 Å². The third-order valence-corrected chi connectivity index (χ3v) is 3.18. The molecule has 1 aromatic rings. The molecule has 0 N–H and O–H groups in total. The maximum absolute atomic E-state index is 11.4. The Kier molecular flexibility index (Phi) is 4.74. The number of methoxy groups -OCH3 is 1. The average Bonchev–Trinajstić information content (AvgIpc) is 3.26. The number of esters is 1. The monoisotopic (exact) mass is 264 g/mol. The fraction of sp³-hybridized carbons (Fsp3) is 0.571. The standard InChI is InChI=1S/C14H20N2O3/c1-16(7-8-19-10-11-3-4-11)13-9-12(5-6-15-13)14(17)18-2/h5-6,9,11H,3-4,7-8,10H2,1-2H3. The molecule has 1 aromatic heterocycles. The van der Waals surface area contributed by atoms with E-state index in [1.165, 1.54) is 20.0 Å².